The highest BCUT2D eigenvalue weighted by atomic mass is 35.5. The van der Waals surface area contributed by atoms with Gasteiger partial charge in [-0.2, -0.15) is 0 Å². The van der Waals surface area contributed by atoms with Gasteiger partial charge in [0.1, 0.15) is 25.6 Å². The van der Waals surface area contributed by atoms with E-state index in [4.69, 9.17) is 14.2 Å². The van der Waals surface area contributed by atoms with Crippen LogP contribution < -0.4 is 19.5 Å². The van der Waals surface area contributed by atoms with Gasteiger partial charge in [-0.1, -0.05) is 25.1 Å². The Balaban J connectivity index is 0.00000208. The summed E-state index contributed by atoms with van der Waals surface area (Å²) in [5.74, 6) is 2.48. The maximum Gasteiger partial charge on any atom is 0.161 e. The van der Waals surface area contributed by atoms with Crippen molar-refractivity contribution < 1.29 is 14.2 Å². The van der Waals surface area contributed by atoms with Crippen molar-refractivity contribution in [3.8, 4) is 17.2 Å². The van der Waals surface area contributed by atoms with Crippen LogP contribution in [0, 0.1) is 0 Å². The van der Waals surface area contributed by atoms with Gasteiger partial charge in [0.15, 0.2) is 11.5 Å². The highest BCUT2D eigenvalue weighted by molar-refractivity contribution is 5.85. The molecule has 24 heavy (non-hydrogen) atoms. The Kier molecular flexibility index (Phi) is 7.22. The molecule has 0 atom stereocenters. The summed E-state index contributed by atoms with van der Waals surface area (Å²) < 4.78 is 17.0. The summed E-state index contributed by atoms with van der Waals surface area (Å²) in [6.07, 6.45) is 1.15. The molecule has 0 fully saturated rings. The molecule has 0 aromatic heterocycles. The highest BCUT2D eigenvalue weighted by Gasteiger charge is 2.11. The number of halogens is 1. The first-order valence-corrected chi connectivity index (χ1v) is 8.16. The van der Waals surface area contributed by atoms with E-state index in [0.29, 0.717) is 19.8 Å². The standard InChI is InChI=1S/C19H23NO3.ClH/c1-2-9-20-13-15-3-6-17(7-4-15)23-14-16-5-8-18-19(12-16)22-11-10-21-18;/h3-8,12,20H,2,9-11,13-14H2,1H3;1H. The average Bonchev–Trinajstić information content (AvgIpc) is 2.61. The van der Waals surface area contributed by atoms with Crippen LogP contribution in [0.4, 0.5) is 0 Å². The number of ether oxygens (including phenoxy) is 3. The lowest BCUT2D eigenvalue weighted by atomic mass is 10.2. The van der Waals surface area contributed by atoms with E-state index in [0.717, 1.165) is 42.3 Å². The fourth-order valence-electron chi connectivity index (χ4n) is 2.46. The minimum absolute atomic E-state index is 0. The molecule has 1 heterocycles. The minimum atomic E-state index is 0. The Bertz CT molecular complexity index is 631. The number of hydrogen-bond acceptors (Lipinski definition) is 4. The van der Waals surface area contributed by atoms with Gasteiger partial charge in [-0.15, -0.1) is 12.4 Å². The predicted octanol–water partition coefficient (Wildman–Crippen LogP) is 3.96. The Morgan fingerprint density at radius 3 is 2.42 bits per heavy atom. The average molecular weight is 350 g/mol. The van der Waals surface area contributed by atoms with Crippen molar-refractivity contribution in [2.45, 2.75) is 26.5 Å². The molecule has 2 aromatic carbocycles. The summed E-state index contributed by atoms with van der Waals surface area (Å²) in [4.78, 5) is 0. The molecule has 3 rings (SSSR count). The van der Waals surface area contributed by atoms with Crippen molar-refractivity contribution in [2.24, 2.45) is 0 Å². The molecule has 0 amide bonds. The molecular weight excluding hydrogens is 326 g/mol. The van der Waals surface area contributed by atoms with E-state index in [1.54, 1.807) is 0 Å². The molecular formula is C19H24ClNO3. The maximum absolute atomic E-state index is 5.85. The smallest absolute Gasteiger partial charge is 0.161 e. The van der Waals surface area contributed by atoms with E-state index in [1.165, 1.54) is 5.56 Å². The fourth-order valence-corrected chi connectivity index (χ4v) is 2.46. The molecule has 0 spiro atoms. The van der Waals surface area contributed by atoms with Crippen molar-refractivity contribution >= 4 is 12.4 Å². The van der Waals surface area contributed by atoms with Crippen LogP contribution >= 0.6 is 12.4 Å². The van der Waals surface area contributed by atoms with Crippen LogP contribution in [0.25, 0.3) is 0 Å². The molecule has 0 radical (unpaired) electrons. The second-order valence-electron chi connectivity index (χ2n) is 5.59. The van der Waals surface area contributed by atoms with Crippen molar-refractivity contribution in [3.63, 3.8) is 0 Å². The lowest BCUT2D eigenvalue weighted by Gasteiger charge is -2.19. The molecule has 1 N–H and O–H groups in total. The zero-order chi connectivity index (χ0) is 15.9. The summed E-state index contributed by atoms with van der Waals surface area (Å²) in [6.45, 7) is 5.84. The van der Waals surface area contributed by atoms with Crippen molar-refractivity contribution in [1.29, 1.82) is 0 Å². The SMILES string of the molecule is CCCNCc1ccc(OCc2ccc3c(c2)OCCO3)cc1.Cl. The fraction of sp³-hybridized carbons (Fsp3) is 0.368. The number of nitrogens with one attached hydrogen (secondary N) is 1. The van der Waals surface area contributed by atoms with Crippen LogP contribution in [0.2, 0.25) is 0 Å². The summed E-state index contributed by atoms with van der Waals surface area (Å²) in [5, 5.41) is 3.39. The molecule has 130 valence electrons. The zero-order valence-electron chi connectivity index (χ0n) is 13.9. The zero-order valence-corrected chi connectivity index (χ0v) is 14.7. The van der Waals surface area contributed by atoms with Crippen molar-refractivity contribution in [1.82, 2.24) is 5.32 Å². The van der Waals surface area contributed by atoms with Crippen molar-refractivity contribution in [2.75, 3.05) is 19.8 Å². The Morgan fingerprint density at radius 1 is 0.958 bits per heavy atom. The molecule has 0 saturated carbocycles. The first-order chi connectivity index (χ1) is 11.3. The molecule has 2 aromatic rings. The van der Waals surface area contributed by atoms with Gasteiger partial charge in [0.05, 0.1) is 0 Å². The largest absolute Gasteiger partial charge is 0.489 e. The maximum atomic E-state index is 5.85. The second-order valence-corrected chi connectivity index (χ2v) is 5.59. The first-order valence-electron chi connectivity index (χ1n) is 8.16. The van der Waals surface area contributed by atoms with Crippen molar-refractivity contribution in [3.05, 3.63) is 53.6 Å². The Morgan fingerprint density at radius 2 is 1.67 bits per heavy atom. The van der Waals surface area contributed by atoms with E-state index in [1.807, 2.05) is 30.3 Å². The predicted molar refractivity (Wildman–Crippen MR) is 97.5 cm³/mol. The lowest BCUT2D eigenvalue weighted by molar-refractivity contribution is 0.171. The van der Waals surface area contributed by atoms with Crippen LogP contribution in [0.15, 0.2) is 42.5 Å². The van der Waals surface area contributed by atoms with E-state index >= 15 is 0 Å². The van der Waals surface area contributed by atoms with Gasteiger partial charge in [0, 0.05) is 6.54 Å². The number of fused-ring (bicyclic) bond motifs is 1. The van der Waals surface area contributed by atoms with Gasteiger partial charge < -0.3 is 19.5 Å². The molecule has 0 aliphatic carbocycles. The number of hydrogen-bond donors (Lipinski definition) is 1. The topological polar surface area (TPSA) is 39.7 Å². The molecule has 0 bridgehead atoms. The molecule has 5 heteroatoms. The van der Waals surface area contributed by atoms with Crippen LogP contribution in [0.5, 0.6) is 17.2 Å². The highest BCUT2D eigenvalue weighted by Crippen LogP contribution is 2.31. The van der Waals surface area contributed by atoms with Gasteiger partial charge in [0.2, 0.25) is 0 Å². The van der Waals surface area contributed by atoms with Gasteiger partial charge in [-0.3, -0.25) is 0 Å². The van der Waals surface area contributed by atoms with Gasteiger partial charge >= 0.3 is 0 Å². The molecule has 0 unspecified atom stereocenters. The van der Waals surface area contributed by atoms with Gasteiger partial charge in [-0.05, 0) is 48.4 Å². The van der Waals surface area contributed by atoms with Crippen LogP contribution in [-0.4, -0.2) is 19.8 Å². The van der Waals surface area contributed by atoms with Gasteiger partial charge in [0.25, 0.3) is 0 Å². The monoisotopic (exact) mass is 349 g/mol. The Labute approximate surface area is 149 Å². The van der Waals surface area contributed by atoms with E-state index in [9.17, 15) is 0 Å². The minimum Gasteiger partial charge on any atom is -0.489 e. The number of rotatable bonds is 7. The van der Waals surface area contributed by atoms with Crippen LogP contribution in [-0.2, 0) is 13.2 Å². The van der Waals surface area contributed by atoms with Crippen LogP contribution in [0.3, 0.4) is 0 Å². The lowest BCUT2D eigenvalue weighted by Crippen LogP contribution is -2.15. The summed E-state index contributed by atoms with van der Waals surface area (Å²) in [5.41, 5.74) is 2.34. The molecule has 4 nitrogen and oxygen atoms in total. The summed E-state index contributed by atoms with van der Waals surface area (Å²) >= 11 is 0. The Hall–Kier alpha value is -1.91. The summed E-state index contributed by atoms with van der Waals surface area (Å²) in [6, 6.07) is 14.2. The molecule has 1 aliphatic rings. The van der Waals surface area contributed by atoms with E-state index < -0.39 is 0 Å². The third kappa shape index (κ3) is 5.05. The quantitative estimate of drug-likeness (QED) is 0.768. The van der Waals surface area contributed by atoms with Gasteiger partial charge in [-0.25, -0.2) is 0 Å². The third-order valence-corrected chi connectivity index (χ3v) is 3.69. The van der Waals surface area contributed by atoms with E-state index in [2.05, 4.69) is 24.4 Å². The normalized spacial score (nSPS) is 12.4. The molecule has 0 saturated heterocycles. The van der Waals surface area contributed by atoms with E-state index in [-0.39, 0.29) is 12.4 Å². The van der Waals surface area contributed by atoms with Crippen LogP contribution in [0.1, 0.15) is 24.5 Å². The second kappa shape index (κ2) is 9.40. The number of benzene rings is 2. The first kappa shape index (κ1) is 18.4. The third-order valence-electron chi connectivity index (χ3n) is 3.69. The molecule has 1 aliphatic heterocycles. The summed E-state index contributed by atoms with van der Waals surface area (Å²) in [7, 11) is 0.